The van der Waals surface area contributed by atoms with Gasteiger partial charge in [0, 0.05) is 21.3 Å². The van der Waals surface area contributed by atoms with Crippen molar-refractivity contribution in [2.45, 2.75) is 13.5 Å². The number of aryl methyl sites for hydroxylation is 1. The molecule has 1 fully saturated rings. The van der Waals surface area contributed by atoms with Crippen LogP contribution in [0.1, 0.15) is 16.7 Å². The first kappa shape index (κ1) is 24.9. The Bertz CT molecular complexity index is 1330. The highest BCUT2D eigenvalue weighted by Gasteiger charge is 2.36. The first-order chi connectivity index (χ1) is 16.8. The fourth-order valence-electron chi connectivity index (χ4n) is 3.27. The highest BCUT2D eigenvalue weighted by Crippen LogP contribution is 2.34. The summed E-state index contributed by atoms with van der Waals surface area (Å²) in [7, 11) is 0. The third-order valence-corrected chi connectivity index (χ3v) is 6.71. The zero-order valence-electron chi connectivity index (χ0n) is 18.6. The number of carbonyl (C=O) groups excluding carboxylic acids is 3. The summed E-state index contributed by atoms with van der Waals surface area (Å²) in [4.78, 5) is 39.0. The molecule has 0 atom stereocenters. The quantitative estimate of drug-likeness (QED) is 0.353. The Balaban J connectivity index is 1.44. The van der Waals surface area contributed by atoms with Gasteiger partial charge in [-0.05, 0) is 66.2 Å². The number of halogens is 2. The standard InChI is InChI=1S/C26H20Cl2N2O4S/c1-16-6-11-20(13-21(16)28)29-24(31)14-30-25(32)23(35-26(30)33)12-18-4-2-3-5-22(18)34-15-17-7-9-19(27)10-8-17/h2-13H,14-15H2,1H3,(H,29,31)/b23-12+. The van der Waals surface area contributed by atoms with Gasteiger partial charge in [0.15, 0.2) is 0 Å². The average Bonchev–Trinajstić information content (AvgIpc) is 3.09. The molecule has 6 nitrogen and oxygen atoms in total. The molecule has 0 bridgehead atoms. The summed E-state index contributed by atoms with van der Waals surface area (Å²) in [5.41, 5.74) is 2.94. The van der Waals surface area contributed by atoms with Gasteiger partial charge in [0.05, 0.1) is 4.91 Å². The van der Waals surface area contributed by atoms with Crippen LogP contribution in [0.3, 0.4) is 0 Å². The Labute approximate surface area is 216 Å². The van der Waals surface area contributed by atoms with E-state index in [1.54, 1.807) is 48.5 Å². The molecule has 1 N–H and O–H groups in total. The Morgan fingerprint density at radius 2 is 1.80 bits per heavy atom. The Hall–Kier alpha value is -3.26. The Morgan fingerprint density at radius 3 is 2.54 bits per heavy atom. The zero-order chi connectivity index (χ0) is 24.9. The number of anilines is 1. The van der Waals surface area contributed by atoms with E-state index in [4.69, 9.17) is 27.9 Å². The van der Waals surface area contributed by atoms with Crippen molar-refractivity contribution >= 4 is 63.8 Å². The highest BCUT2D eigenvalue weighted by atomic mass is 35.5. The van der Waals surface area contributed by atoms with Crippen molar-refractivity contribution in [1.29, 1.82) is 0 Å². The molecule has 1 saturated heterocycles. The predicted octanol–water partition coefficient (Wildman–Crippen LogP) is 6.56. The van der Waals surface area contributed by atoms with Gasteiger partial charge in [-0.15, -0.1) is 0 Å². The van der Waals surface area contributed by atoms with E-state index in [1.165, 1.54) is 0 Å². The molecule has 1 aliphatic heterocycles. The largest absolute Gasteiger partial charge is 0.488 e. The van der Waals surface area contributed by atoms with E-state index < -0.39 is 23.6 Å². The van der Waals surface area contributed by atoms with Crippen LogP contribution in [-0.2, 0) is 16.2 Å². The van der Waals surface area contributed by atoms with Crippen molar-refractivity contribution in [2.75, 3.05) is 11.9 Å². The van der Waals surface area contributed by atoms with Gasteiger partial charge in [-0.1, -0.05) is 59.6 Å². The van der Waals surface area contributed by atoms with Crippen molar-refractivity contribution < 1.29 is 19.1 Å². The minimum Gasteiger partial charge on any atom is -0.488 e. The molecule has 1 aliphatic rings. The molecule has 178 valence electrons. The van der Waals surface area contributed by atoms with Crippen molar-refractivity contribution in [1.82, 2.24) is 4.90 Å². The van der Waals surface area contributed by atoms with Crippen LogP contribution in [-0.4, -0.2) is 28.5 Å². The monoisotopic (exact) mass is 526 g/mol. The number of hydrogen-bond donors (Lipinski definition) is 1. The van der Waals surface area contributed by atoms with Gasteiger partial charge in [-0.3, -0.25) is 19.3 Å². The molecule has 3 aromatic rings. The number of carbonyl (C=O) groups is 3. The molecule has 0 unspecified atom stereocenters. The molecule has 0 aromatic heterocycles. The van der Waals surface area contributed by atoms with Crippen LogP contribution in [0.4, 0.5) is 10.5 Å². The predicted molar refractivity (Wildman–Crippen MR) is 140 cm³/mol. The first-order valence-corrected chi connectivity index (χ1v) is 12.1. The van der Waals surface area contributed by atoms with Crippen molar-refractivity contribution in [3.63, 3.8) is 0 Å². The fourth-order valence-corrected chi connectivity index (χ4v) is 4.40. The molecule has 4 rings (SSSR count). The maximum atomic E-state index is 12.9. The van der Waals surface area contributed by atoms with Gasteiger partial charge in [-0.2, -0.15) is 0 Å². The molecular formula is C26H20Cl2N2O4S. The SMILES string of the molecule is Cc1ccc(NC(=O)CN2C(=O)S/C(=C/c3ccccc3OCc3ccc(Cl)cc3)C2=O)cc1Cl. The maximum absolute atomic E-state index is 12.9. The summed E-state index contributed by atoms with van der Waals surface area (Å²) in [6.07, 6.45) is 1.60. The van der Waals surface area contributed by atoms with Gasteiger partial charge < -0.3 is 10.1 Å². The van der Waals surface area contributed by atoms with Crippen LogP contribution in [0.5, 0.6) is 5.75 Å². The molecule has 0 saturated carbocycles. The lowest BCUT2D eigenvalue weighted by atomic mass is 10.1. The Morgan fingerprint density at radius 1 is 1.06 bits per heavy atom. The van der Waals surface area contributed by atoms with Crippen molar-refractivity contribution in [2.24, 2.45) is 0 Å². The molecular weight excluding hydrogens is 507 g/mol. The smallest absolute Gasteiger partial charge is 0.294 e. The summed E-state index contributed by atoms with van der Waals surface area (Å²) in [5.74, 6) is -0.479. The van der Waals surface area contributed by atoms with Crippen LogP contribution in [0, 0.1) is 6.92 Å². The van der Waals surface area contributed by atoms with Gasteiger partial charge in [0.25, 0.3) is 11.1 Å². The highest BCUT2D eigenvalue weighted by molar-refractivity contribution is 8.18. The lowest BCUT2D eigenvalue weighted by Gasteiger charge is -2.13. The van der Waals surface area contributed by atoms with E-state index in [2.05, 4.69) is 5.32 Å². The topological polar surface area (TPSA) is 75.7 Å². The van der Waals surface area contributed by atoms with E-state index in [1.807, 2.05) is 31.2 Å². The number of amides is 3. The molecule has 1 heterocycles. The van der Waals surface area contributed by atoms with Crippen molar-refractivity contribution in [3.05, 3.63) is 98.4 Å². The number of hydrogen-bond acceptors (Lipinski definition) is 5. The van der Waals surface area contributed by atoms with Crippen LogP contribution in [0.2, 0.25) is 10.0 Å². The van der Waals surface area contributed by atoms with Gasteiger partial charge in [0.2, 0.25) is 5.91 Å². The molecule has 35 heavy (non-hydrogen) atoms. The minimum atomic E-state index is -0.537. The van der Waals surface area contributed by atoms with Gasteiger partial charge in [0.1, 0.15) is 18.9 Å². The fraction of sp³-hybridized carbons (Fsp3) is 0.115. The number of ether oxygens (including phenoxy) is 1. The van der Waals surface area contributed by atoms with E-state index in [-0.39, 0.29) is 4.91 Å². The van der Waals surface area contributed by atoms with Gasteiger partial charge >= 0.3 is 0 Å². The molecule has 0 spiro atoms. The van der Waals surface area contributed by atoms with Crippen LogP contribution >= 0.6 is 35.0 Å². The number of thioether (sulfide) groups is 1. The number of para-hydroxylation sites is 1. The lowest BCUT2D eigenvalue weighted by Crippen LogP contribution is -2.36. The van der Waals surface area contributed by atoms with Gasteiger partial charge in [-0.25, -0.2) is 0 Å². The normalized spacial score (nSPS) is 14.5. The lowest BCUT2D eigenvalue weighted by molar-refractivity contribution is -0.127. The summed E-state index contributed by atoms with van der Waals surface area (Å²) >= 11 is 12.8. The number of rotatable bonds is 7. The molecule has 3 amide bonds. The van der Waals surface area contributed by atoms with Crippen LogP contribution in [0.15, 0.2) is 71.6 Å². The van der Waals surface area contributed by atoms with Crippen LogP contribution in [0.25, 0.3) is 6.08 Å². The number of nitrogens with one attached hydrogen (secondary N) is 1. The van der Waals surface area contributed by atoms with E-state index in [0.29, 0.717) is 33.7 Å². The number of nitrogens with zero attached hydrogens (tertiary/aromatic N) is 1. The number of imide groups is 1. The second-order valence-electron chi connectivity index (χ2n) is 7.73. The third-order valence-electron chi connectivity index (χ3n) is 5.14. The van der Waals surface area contributed by atoms with E-state index >= 15 is 0 Å². The maximum Gasteiger partial charge on any atom is 0.294 e. The van der Waals surface area contributed by atoms with Crippen LogP contribution < -0.4 is 10.1 Å². The Kier molecular flexibility index (Phi) is 7.80. The van der Waals surface area contributed by atoms with E-state index in [0.717, 1.165) is 27.8 Å². The molecule has 0 radical (unpaired) electrons. The molecule has 0 aliphatic carbocycles. The zero-order valence-corrected chi connectivity index (χ0v) is 20.9. The number of benzene rings is 3. The summed E-state index contributed by atoms with van der Waals surface area (Å²) < 4.78 is 5.93. The molecule has 9 heteroatoms. The molecule has 3 aromatic carbocycles. The first-order valence-electron chi connectivity index (χ1n) is 10.6. The summed E-state index contributed by atoms with van der Waals surface area (Å²) in [6, 6.07) is 19.6. The average molecular weight is 527 g/mol. The second-order valence-corrected chi connectivity index (χ2v) is 9.57. The minimum absolute atomic E-state index is 0.212. The summed E-state index contributed by atoms with van der Waals surface area (Å²) in [5, 5.41) is 3.29. The second kappa shape index (κ2) is 11.0. The third kappa shape index (κ3) is 6.25. The summed E-state index contributed by atoms with van der Waals surface area (Å²) in [6.45, 7) is 1.76. The van der Waals surface area contributed by atoms with E-state index in [9.17, 15) is 14.4 Å². The van der Waals surface area contributed by atoms with Crippen molar-refractivity contribution in [3.8, 4) is 5.75 Å².